The lowest BCUT2D eigenvalue weighted by Crippen LogP contribution is -2.52. The average molecular weight is 327 g/mol. The van der Waals surface area contributed by atoms with Crippen molar-refractivity contribution in [1.82, 2.24) is 10.2 Å². The molecule has 1 aliphatic rings. The molecule has 1 aliphatic heterocycles. The van der Waals surface area contributed by atoms with Crippen LogP contribution in [-0.4, -0.2) is 62.6 Å². The van der Waals surface area contributed by atoms with Gasteiger partial charge in [-0.25, -0.2) is 0 Å². The summed E-state index contributed by atoms with van der Waals surface area (Å²) in [5.74, 6) is 2.11. The van der Waals surface area contributed by atoms with Gasteiger partial charge >= 0.3 is 0 Å². The molecule has 0 spiro atoms. The van der Waals surface area contributed by atoms with Crippen molar-refractivity contribution in [2.75, 3.05) is 56.7 Å². The van der Waals surface area contributed by atoms with Gasteiger partial charge in [0.2, 0.25) is 0 Å². The maximum Gasteiger partial charge on any atom is 0.193 e. The minimum absolute atomic E-state index is 0.796. The molecule has 0 aliphatic carbocycles. The molecule has 1 aromatic carbocycles. The van der Waals surface area contributed by atoms with Gasteiger partial charge in [0, 0.05) is 56.2 Å². The topological polar surface area (TPSA) is 30.9 Å². The zero-order chi connectivity index (χ0) is 15.1. The highest BCUT2D eigenvalue weighted by molar-refractivity contribution is 7.98. The molecule has 116 valence electrons. The predicted octanol–water partition coefficient (Wildman–Crippen LogP) is 2.40. The van der Waals surface area contributed by atoms with Gasteiger partial charge in [0.1, 0.15) is 0 Å². The molecule has 1 saturated heterocycles. The molecule has 0 bridgehead atoms. The van der Waals surface area contributed by atoms with E-state index in [0.29, 0.717) is 0 Å². The predicted molar refractivity (Wildman–Crippen MR) is 95.0 cm³/mol. The number of halogens is 1. The lowest BCUT2D eigenvalue weighted by molar-refractivity contribution is 0.373. The molecule has 0 unspecified atom stereocenters. The highest BCUT2D eigenvalue weighted by Gasteiger charge is 2.19. The van der Waals surface area contributed by atoms with Crippen molar-refractivity contribution in [3.05, 3.63) is 29.3 Å². The number of guanidine groups is 1. The molecular formula is C15H23ClN4S. The lowest BCUT2D eigenvalue weighted by Gasteiger charge is -2.37. The number of piperazine rings is 1. The number of rotatable bonds is 4. The summed E-state index contributed by atoms with van der Waals surface area (Å²) in [6.07, 6.45) is 2.12. The second kappa shape index (κ2) is 8.39. The largest absolute Gasteiger partial charge is 0.368 e. The van der Waals surface area contributed by atoms with Crippen molar-refractivity contribution in [2.45, 2.75) is 0 Å². The van der Waals surface area contributed by atoms with Crippen LogP contribution in [0.4, 0.5) is 5.69 Å². The summed E-state index contributed by atoms with van der Waals surface area (Å²) in [5, 5.41) is 4.22. The SMILES string of the molecule is CN=C(NCCSC)N1CCN(c2cccc(Cl)c2)CC1. The molecule has 0 radical (unpaired) electrons. The van der Waals surface area contributed by atoms with E-state index in [9.17, 15) is 0 Å². The molecular weight excluding hydrogens is 304 g/mol. The van der Waals surface area contributed by atoms with Crippen LogP contribution in [0.5, 0.6) is 0 Å². The quantitative estimate of drug-likeness (QED) is 0.523. The first-order valence-electron chi connectivity index (χ1n) is 7.19. The van der Waals surface area contributed by atoms with Crippen LogP contribution in [0.25, 0.3) is 0 Å². The van der Waals surface area contributed by atoms with Gasteiger partial charge in [0.05, 0.1) is 0 Å². The number of aliphatic imine (C=N–C) groups is 1. The molecule has 6 heteroatoms. The number of anilines is 1. The Hall–Kier alpha value is -1.07. The van der Waals surface area contributed by atoms with Gasteiger partial charge in [0.15, 0.2) is 5.96 Å². The third kappa shape index (κ3) is 4.71. The Kier molecular flexibility index (Phi) is 6.51. The van der Waals surface area contributed by atoms with Gasteiger partial charge in [-0.1, -0.05) is 17.7 Å². The van der Waals surface area contributed by atoms with Gasteiger partial charge in [0.25, 0.3) is 0 Å². The van der Waals surface area contributed by atoms with E-state index in [1.54, 1.807) is 0 Å². The maximum atomic E-state index is 6.07. The van der Waals surface area contributed by atoms with Gasteiger partial charge in [-0.05, 0) is 24.5 Å². The van der Waals surface area contributed by atoms with Crippen molar-refractivity contribution in [3.63, 3.8) is 0 Å². The van der Waals surface area contributed by atoms with E-state index < -0.39 is 0 Å². The van der Waals surface area contributed by atoms with Crippen LogP contribution in [0.2, 0.25) is 5.02 Å². The first kappa shape index (κ1) is 16.3. The summed E-state index contributed by atoms with van der Waals surface area (Å²) in [4.78, 5) is 9.07. The zero-order valence-corrected chi connectivity index (χ0v) is 14.3. The Morgan fingerprint density at radius 1 is 1.33 bits per heavy atom. The second-order valence-electron chi connectivity index (χ2n) is 4.92. The van der Waals surface area contributed by atoms with Gasteiger partial charge in [-0.2, -0.15) is 11.8 Å². The molecule has 4 nitrogen and oxygen atoms in total. The Labute approximate surface area is 136 Å². The van der Waals surface area contributed by atoms with E-state index >= 15 is 0 Å². The highest BCUT2D eigenvalue weighted by atomic mass is 35.5. The second-order valence-corrected chi connectivity index (χ2v) is 6.34. The average Bonchev–Trinajstić information content (AvgIpc) is 2.52. The van der Waals surface area contributed by atoms with Crippen LogP contribution in [0.15, 0.2) is 29.3 Å². The summed E-state index contributed by atoms with van der Waals surface area (Å²) < 4.78 is 0. The summed E-state index contributed by atoms with van der Waals surface area (Å²) in [6.45, 7) is 4.90. The van der Waals surface area contributed by atoms with Crippen LogP contribution in [-0.2, 0) is 0 Å². The molecule has 1 heterocycles. The van der Waals surface area contributed by atoms with Crippen molar-refractivity contribution >= 4 is 35.0 Å². The van der Waals surface area contributed by atoms with Crippen LogP contribution >= 0.6 is 23.4 Å². The van der Waals surface area contributed by atoms with Crippen LogP contribution in [0, 0.1) is 0 Å². The third-order valence-electron chi connectivity index (χ3n) is 3.55. The molecule has 0 atom stereocenters. The van der Waals surface area contributed by atoms with Crippen LogP contribution in [0.1, 0.15) is 0 Å². The smallest absolute Gasteiger partial charge is 0.193 e. The van der Waals surface area contributed by atoms with Gasteiger partial charge < -0.3 is 15.1 Å². The molecule has 0 aromatic heterocycles. The van der Waals surface area contributed by atoms with E-state index in [4.69, 9.17) is 11.6 Å². The van der Waals surface area contributed by atoms with Crippen molar-refractivity contribution in [2.24, 2.45) is 4.99 Å². The molecule has 21 heavy (non-hydrogen) atoms. The summed E-state index contributed by atoms with van der Waals surface area (Å²) in [5.41, 5.74) is 1.20. The fourth-order valence-electron chi connectivity index (χ4n) is 2.45. The number of hydrogen-bond acceptors (Lipinski definition) is 3. The standard InChI is InChI=1S/C15H23ClN4S/c1-17-15(18-6-11-21-2)20-9-7-19(8-10-20)14-5-3-4-13(16)12-14/h3-5,12H,6-11H2,1-2H3,(H,17,18). The Bertz CT molecular complexity index is 472. The van der Waals surface area contributed by atoms with E-state index in [1.165, 1.54) is 5.69 Å². The number of benzene rings is 1. The zero-order valence-electron chi connectivity index (χ0n) is 12.7. The minimum atomic E-state index is 0.796. The van der Waals surface area contributed by atoms with E-state index in [0.717, 1.165) is 49.5 Å². The molecule has 2 rings (SSSR count). The molecule has 1 N–H and O–H groups in total. The van der Waals surface area contributed by atoms with Crippen molar-refractivity contribution in [1.29, 1.82) is 0 Å². The Morgan fingerprint density at radius 3 is 2.71 bits per heavy atom. The molecule has 1 aromatic rings. The van der Waals surface area contributed by atoms with Crippen molar-refractivity contribution < 1.29 is 0 Å². The maximum absolute atomic E-state index is 6.07. The molecule has 0 amide bonds. The van der Waals surface area contributed by atoms with Gasteiger partial charge in [-0.3, -0.25) is 4.99 Å². The first-order valence-corrected chi connectivity index (χ1v) is 8.97. The molecule has 1 fully saturated rings. The molecule has 0 saturated carbocycles. The van der Waals surface area contributed by atoms with Crippen LogP contribution < -0.4 is 10.2 Å². The van der Waals surface area contributed by atoms with Crippen molar-refractivity contribution in [3.8, 4) is 0 Å². The number of nitrogens with zero attached hydrogens (tertiary/aromatic N) is 3. The summed E-state index contributed by atoms with van der Waals surface area (Å²) >= 11 is 7.91. The summed E-state index contributed by atoms with van der Waals surface area (Å²) in [7, 11) is 1.85. The van der Waals surface area contributed by atoms with Gasteiger partial charge in [-0.15, -0.1) is 0 Å². The van der Waals surface area contributed by atoms with Crippen LogP contribution in [0.3, 0.4) is 0 Å². The minimum Gasteiger partial charge on any atom is -0.368 e. The monoisotopic (exact) mass is 326 g/mol. The fraction of sp³-hybridized carbons (Fsp3) is 0.533. The fourth-order valence-corrected chi connectivity index (χ4v) is 2.94. The highest BCUT2D eigenvalue weighted by Crippen LogP contribution is 2.20. The summed E-state index contributed by atoms with van der Waals surface area (Å²) in [6, 6.07) is 8.07. The Morgan fingerprint density at radius 2 is 2.10 bits per heavy atom. The first-order chi connectivity index (χ1) is 10.2. The number of thioether (sulfide) groups is 1. The Balaban J connectivity index is 1.87. The number of nitrogens with one attached hydrogen (secondary N) is 1. The van der Waals surface area contributed by atoms with E-state index in [2.05, 4.69) is 32.4 Å². The normalized spacial score (nSPS) is 16.2. The number of hydrogen-bond donors (Lipinski definition) is 1. The van der Waals surface area contributed by atoms with E-state index in [1.807, 2.05) is 37.0 Å². The third-order valence-corrected chi connectivity index (χ3v) is 4.40. The lowest BCUT2D eigenvalue weighted by atomic mass is 10.2. The van der Waals surface area contributed by atoms with E-state index in [-0.39, 0.29) is 0 Å².